The van der Waals surface area contributed by atoms with Crippen LogP contribution in [0.1, 0.15) is 17.3 Å². The largest absolute Gasteiger partial charge is 0.477 e. The van der Waals surface area contributed by atoms with Gasteiger partial charge in [0.25, 0.3) is 0 Å². The summed E-state index contributed by atoms with van der Waals surface area (Å²) in [6.07, 6.45) is 0.739. The number of hydrogen-bond donors (Lipinski definition) is 3. The number of Topliss-reactive ketones (excluding diaryl/α,β-unsaturated/α-hetero) is 1. The Kier molecular flexibility index (Phi) is 6.12. The standard InChI is InChI=1S/C13H11BrF3NO4/c1-5(4-19)18-3-7(13(21)22)12(20)6-2-8(15)9(14)11(17)10(6)16/h2-3,5,18-19H,4H2,1H3,(H,21,22)/t5-/m0/s1. The molecule has 1 atom stereocenters. The van der Waals surface area contributed by atoms with Crippen LogP contribution in [0, 0.1) is 17.5 Å². The van der Waals surface area contributed by atoms with E-state index in [0.717, 1.165) is 6.20 Å². The average molecular weight is 382 g/mol. The quantitative estimate of drug-likeness (QED) is 0.175. The molecule has 3 N–H and O–H groups in total. The molecule has 0 unspecified atom stereocenters. The second-order valence-electron chi connectivity index (χ2n) is 4.29. The van der Waals surface area contributed by atoms with E-state index >= 15 is 0 Å². The molecular weight excluding hydrogens is 371 g/mol. The van der Waals surface area contributed by atoms with E-state index < -0.39 is 50.9 Å². The maximum atomic E-state index is 13.7. The van der Waals surface area contributed by atoms with Crippen LogP contribution in [0.3, 0.4) is 0 Å². The number of carbonyl (C=O) groups excluding carboxylic acids is 1. The highest BCUT2D eigenvalue weighted by molar-refractivity contribution is 9.10. The molecule has 22 heavy (non-hydrogen) atoms. The van der Waals surface area contributed by atoms with Gasteiger partial charge in [-0.3, -0.25) is 4.79 Å². The van der Waals surface area contributed by atoms with E-state index in [9.17, 15) is 22.8 Å². The number of aliphatic carboxylic acids is 1. The number of carboxylic acids is 1. The number of aliphatic hydroxyl groups excluding tert-OH is 1. The molecule has 0 radical (unpaired) electrons. The number of benzene rings is 1. The molecular formula is C13H11BrF3NO4. The molecule has 120 valence electrons. The van der Waals surface area contributed by atoms with Crippen LogP contribution in [0.2, 0.25) is 0 Å². The normalized spacial score (nSPS) is 12.9. The summed E-state index contributed by atoms with van der Waals surface area (Å²) in [6.45, 7) is 1.13. The molecule has 0 saturated carbocycles. The van der Waals surface area contributed by atoms with Crippen molar-refractivity contribution in [1.29, 1.82) is 0 Å². The first kappa shape index (κ1) is 18.2. The highest BCUT2D eigenvalue weighted by Gasteiger charge is 2.27. The van der Waals surface area contributed by atoms with Gasteiger partial charge in [0, 0.05) is 12.2 Å². The van der Waals surface area contributed by atoms with Gasteiger partial charge in [0.05, 0.1) is 16.6 Å². The lowest BCUT2D eigenvalue weighted by Crippen LogP contribution is -2.27. The van der Waals surface area contributed by atoms with Crippen LogP contribution in [-0.2, 0) is 4.79 Å². The number of halogens is 4. The summed E-state index contributed by atoms with van der Waals surface area (Å²) in [5, 5.41) is 20.2. The first-order chi connectivity index (χ1) is 10.2. The topological polar surface area (TPSA) is 86.6 Å². The second-order valence-corrected chi connectivity index (χ2v) is 5.08. The number of carboxylic acid groups (broad SMARTS) is 1. The highest BCUT2D eigenvalue weighted by atomic mass is 79.9. The second kappa shape index (κ2) is 7.41. The number of ketones is 1. The molecule has 0 aliphatic heterocycles. The van der Waals surface area contributed by atoms with Crippen LogP contribution >= 0.6 is 15.9 Å². The molecule has 1 rings (SSSR count). The molecule has 0 aliphatic rings. The maximum Gasteiger partial charge on any atom is 0.341 e. The molecule has 0 aromatic heterocycles. The molecule has 1 aromatic carbocycles. The van der Waals surface area contributed by atoms with Gasteiger partial charge in [0.1, 0.15) is 11.4 Å². The van der Waals surface area contributed by atoms with Crippen molar-refractivity contribution in [3.63, 3.8) is 0 Å². The van der Waals surface area contributed by atoms with Crippen LogP contribution < -0.4 is 5.32 Å². The molecule has 0 fully saturated rings. The Morgan fingerprint density at radius 3 is 2.45 bits per heavy atom. The fourth-order valence-corrected chi connectivity index (χ4v) is 1.67. The van der Waals surface area contributed by atoms with Gasteiger partial charge < -0.3 is 15.5 Å². The van der Waals surface area contributed by atoms with Crippen molar-refractivity contribution in [3.8, 4) is 0 Å². The lowest BCUT2D eigenvalue weighted by atomic mass is 10.0. The zero-order chi connectivity index (χ0) is 17.0. The van der Waals surface area contributed by atoms with Crippen molar-refractivity contribution in [2.75, 3.05) is 6.61 Å². The lowest BCUT2D eigenvalue weighted by Gasteiger charge is -2.10. The van der Waals surface area contributed by atoms with Gasteiger partial charge in [-0.25, -0.2) is 18.0 Å². The Labute approximate surface area is 131 Å². The van der Waals surface area contributed by atoms with Crippen LogP contribution in [0.15, 0.2) is 22.3 Å². The Morgan fingerprint density at radius 1 is 1.36 bits per heavy atom. The lowest BCUT2D eigenvalue weighted by molar-refractivity contribution is -0.132. The number of carbonyl (C=O) groups is 2. The third kappa shape index (κ3) is 3.86. The van der Waals surface area contributed by atoms with Gasteiger partial charge in [-0.05, 0) is 28.9 Å². The minimum atomic E-state index is -1.72. The minimum absolute atomic E-state index is 0.354. The summed E-state index contributed by atoms with van der Waals surface area (Å²) in [6, 6.07) is -0.178. The van der Waals surface area contributed by atoms with Crippen molar-refractivity contribution in [3.05, 3.63) is 45.3 Å². The Balaban J connectivity index is 3.30. The van der Waals surface area contributed by atoms with Gasteiger partial charge in [-0.15, -0.1) is 0 Å². The van der Waals surface area contributed by atoms with E-state index in [0.29, 0.717) is 6.07 Å². The molecule has 0 amide bonds. The number of rotatable bonds is 6. The van der Waals surface area contributed by atoms with Crippen LogP contribution in [0.25, 0.3) is 0 Å². The molecule has 0 aliphatic carbocycles. The fourth-order valence-electron chi connectivity index (χ4n) is 1.39. The van der Waals surface area contributed by atoms with Crippen molar-refractivity contribution in [1.82, 2.24) is 5.32 Å². The summed E-state index contributed by atoms with van der Waals surface area (Å²) < 4.78 is 39.7. The molecule has 1 aromatic rings. The van der Waals surface area contributed by atoms with Crippen molar-refractivity contribution in [2.24, 2.45) is 0 Å². The van der Waals surface area contributed by atoms with Gasteiger partial charge in [-0.2, -0.15) is 0 Å². The van der Waals surface area contributed by atoms with Crippen molar-refractivity contribution in [2.45, 2.75) is 13.0 Å². The van der Waals surface area contributed by atoms with Gasteiger partial charge in [0.15, 0.2) is 11.6 Å². The predicted molar refractivity (Wildman–Crippen MR) is 73.7 cm³/mol. The molecule has 0 bridgehead atoms. The average Bonchev–Trinajstić information content (AvgIpc) is 2.48. The fraction of sp³-hybridized carbons (Fsp3) is 0.231. The summed E-state index contributed by atoms with van der Waals surface area (Å²) in [7, 11) is 0. The Hall–Kier alpha value is -1.87. The summed E-state index contributed by atoms with van der Waals surface area (Å²) in [4.78, 5) is 23.0. The third-order valence-corrected chi connectivity index (χ3v) is 3.34. The Bertz CT molecular complexity index is 649. The smallest absolute Gasteiger partial charge is 0.341 e. The molecule has 9 heteroatoms. The van der Waals surface area contributed by atoms with Crippen molar-refractivity contribution >= 4 is 27.7 Å². The van der Waals surface area contributed by atoms with E-state index in [1.54, 1.807) is 0 Å². The van der Waals surface area contributed by atoms with Crippen LogP contribution in [-0.4, -0.2) is 34.6 Å². The van der Waals surface area contributed by atoms with E-state index in [-0.39, 0.29) is 6.61 Å². The van der Waals surface area contributed by atoms with E-state index in [1.807, 2.05) is 0 Å². The molecule has 0 saturated heterocycles. The SMILES string of the molecule is C[C@@H](CO)NC=C(C(=O)O)C(=O)c1cc(F)c(Br)c(F)c1F. The summed E-state index contributed by atoms with van der Waals surface area (Å²) in [5.41, 5.74) is -1.98. The summed E-state index contributed by atoms with van der Waals surface area (Å²) in [5.74, 6) is -7.67. The number of hydrogen-bond acceptors (Lipinski definition) is 4. The van der Waals surface area contributed by atoms with Crippen LogP contribution in [0.4, 0.5) is 13.2 Å². The van der Waals surface area contributed by atoms with Crippen molar-refractivity contribution < 1.29 is 33.0 Å². The predicted octanol–water partition coefficient (Wildman–Crippen LogP) is 1.99. The minimum Gasteiger partial charge on any atom is -0.477 e. The van der Waals surface area contributed by atoms with E-state index in [2.05, 4.69) is 21.2 Å². The number of aliphatic hydroxyl groups is 1. The summed E-state index contributed by atoms with van der Waals surface area (Å²) >= 11 is 2.47. The molecule has 5 nitrogen and oxygen atoms in total. The monoisotopic (exact) mass is 381 g/mol. The van der Waals surface area contributed by atoms with Gasteiger partial charge in [-0.1, -0.05) is 0 Å². The zero-order valence-electron chi connectivity index (χ0n) is 11.2. The van der Waals surface area contributed by atoms with Gasteiger partial charge in [0.2, 0.25) is 5.78 Å². The molecule has 0 heterocycles. The van der Waals surface area contributed by atoms with E-state index in [1.165, 1.54) is 6.92 Å². The third-order valence-electron chi connectivity index (χ3n) is 2.61. The zero-order valence-corrected chi connectivity index (χ0v) is 12.7. The maximum absolute atomic E-state index is 13.7. The highest BCUT2D eigenvalue weighted by Crippen LogP contribution is 2.26. The van der Waals surface area contributed by atoms with Crippen LogP contribution in [0.5, 0.6) is 0 Å². The number of nitrogens with one attached hydrogen (secondary N) is 1. The van der Waals surface area contributed by atoms with E-state index in [4.69, 9.17) is 10.2 Å². The first-order valence-corrected chi connectivity index (χ1v) is 6.68. The van der Waals surface area contributed by atoms with Gasteiger partial charge >= 0.3 is 5.97 Å². The molecule has 0 spiro atoms. The Morgan fingerprint density at radius 2 is 1.95 bits per heavy atom. The first-order valence-electron chi connectivity index (χ1n) is 5.88.